The number of nitrogens with zero attached hydrogens (tertiary/aromatic N) is 1. The highest BCUT2D eigenvalue weighted by atomic mass is 32.1. The number of hydrogen-bond donors (Lipinski definition) is 2. The van der Waals surface area contributed by atoms with E-state index in [4.69, 9.17) is 9.41 Å². The first-order chi connectivity index (χ1) is 21.8. The lowest BCUT2D eigenvalue weighted by atomic mass is 10.0. The maximum atomic E-state index is 6.40. The Labute approximate surface area is 258 Å². The average Bonchev–Trinajstić information content (AvgIpc) is 3.66. The third kappa shape index (κ3) is 4.21. The normalized spacial score (nSPS) is 16.9. The molecule has 9 rings (SSSR count). The van der Waals surface area contributed by atoms with Crippen LogP contribution in [-0.4, -0.2) is 5.84 Å². The van der Waals surface area contributed by atoms with Crippen LogP contribution in [-0.2, 0) is 0 Å². The Hall–Kier alpha value is -5.23. The molecule has 0 fully saturated rings. The number of fused-ring (bicyclic) bond motifs is 6. The molecule has 5 heteroatoms. The Kier molecular flexibility index (Phi) is 5.86. The number of hydrogen-bond acceptors (Lipinski definition) is 5. The lowest BCUT2D eigenvalue weighted by Crippen LogP contribution is -2.44. The number of rotatable bonds is 4. The van der Waals surface area contributed by atoms with E-state index in [1.165, 1.54) is 31.3 Å². The van der Waals surface area contributed by atoms with Crippen LogP contribution < -0.4 is 10.6 Å². The SMILES string of the molecule is c1ccc(-c2ccc3oc4cc(C5N=C(c6cccc7c6sc6ccccc67)NC(c6ccccc6)N5)ccc4c3c2)cc1. The number of thiophene rings is 1. The van der Waals surface area contributed by atoms with Crippen LogP contribution in [0.4, 0.5) is 0 Å². The summed E-state index contributed by atoms with van der Waals surface area (Å²) in [4.78, 5) is 5.29. The van der Waals surface area contributed by atoms with Gasteiger partial charge in [0, 0.05) is 36.5 Å². The Balaban J connectivity index is 1.17. The van der Waals surface area contributed by atoms with Gasteiger partial charge in [-0.05, 0) is 52.6 Å². The molecule has 4 nitrogen and oxygen atoms in total. The molecule has 2 N–H and O–H groups in total. The minimum Gasteiger partial charge on any atom is -0.456 e. The summed E-state index contributed by atoms with van der Waals surface area (Å²) in [5.41, 5.74) is 7.46. The predicted octanol–water partition coefficient (Wildman–Crippen LogP) is 9.96. The van der Waals surface area contributed by atoms with E-state index < -0.39 is 0 Å². The van der Waals surface area contributed by atoms with Crippen molar-refractivity contribution >= 4 is 59.3 Å². The van der Waals surface area contributed by atoms with Crippen LogP contribution in [0.5, 0.6) is 0 Å². The highest BCUT2D eigenvalue weighted by molar-refractivity contribution is 7.26. The Morgan fingerprint density at radius 3 is 2.25 bits per heavy atom. The zero-order valence-electron chi connectivity index (χ0n) is 23.7. The lowest BCUT2D eigenvalue weighted by Gasteiger charge is -2.32. The van der Waals surface area contributed by atoms with Crippen molar-refractivity contribution in [1.82, 2.24) is 10.6 Å². The molecule has 1 aliphatic rings. The fourth-order valence-corrected chi connectivity index (χ4v) is 7.61. The van der Waals surface area contributed by atoms with E-state index in [0.717, 1.165) is 44.5 Å². The first-order valence-corrected chi connectivity index (χ1v) is 15.7. The van der Waals surface area contributed by atoms with Crippen LogP contribution in [0, 0.1) is 0 Å². The smallest absolute Gasteiger partial charge is 0.135 e. The topological polar surface area (TPSA) is 49.6 Å². The summed E-state index contributed by atoms with van der Waals surface area (Å²) < 4.78 is 8.93. The number of aliphatic imine (C=N–C) groups is 1. The molecule has 0 saturated heterocycles. The summed E-state index contributed by atoms with van der Waals surface area (Å²) in [6.45, 7) is 0. The van der Waals surface area contributed by atoms with E-state index in [1.54, 1.807) is 0 Å². The molecular weight excluding hydrogens is 559 g/mol. The van der Waals surface area contributed by atoms with Gasteiger partial charge in [-0.3, -0.25) is 5.32 Å². The van der Waals surface area contributed by atoms with Crippen molar-refractivity contribution < 1.29 is 4.42 Å². The summed E-state index contributed by atoms with van der Waals surface area (Å²) in [7, 11) is 0. The standard InChI is InChI=1S/C39H27N3OS/c1-3-10-24(11-4-1)26-19-21-33-32(22-26)28-20-18-27(23-34(28)43-33)38-40-37(25-12-5-2-6-13-25)41-39(42-38)31-16-9-15-30-29-14-7-8-17-35(29)44-36(30)31/h1-23,37-38,40H,(H,41,42). The lowest BCUT2D eigenvalue weighted by molar-refractivity contribution is 0.409. The largest absolute Gasteiger partial charge is 0.456 e. The minimum atomic E-state index is -0.265. The van der Waals surface area contributed by atoms with Crippen LogP contribution in [0.1, 0.15) is 29.0 Å². The Bertz CT molecular complexity index is 2350. The quantitative estimate of drug-likeness (QED) is 0.216. The number of amidine groups is 1. The van der Waals surface area contributed by atoms with Gasteiger partial charge in [0.25, 0.3) is 0 Å². The Morgan fingerprint density at radius 2 is 1.36 bits per heavy atom. The molecule has 0 bridgehead atoms. The minimum absolute atomic E-state index is 0.113. The van der Waals surface area contributed by atoms with Gasteiger partial charge >= 0.3 is 0 Å². The first kappa shape index (κ1) is 25.3. The van der Waals surface area contributed by atoms with Crippen LogP contribution >= 0.6 is 11.3 Å². The molecule has 44 heavy (non-hydrogen) atoms. The molecule has 0 spiro atoms. The van der Waals surface area contributed by atoms with Crippen molar-refractivity contribution in [2.45, 2.75) is 12.3 Å². The second-order valence-electron chi connectivity index (χ2n) is 11.3. The highest BCUT2D eigenvalue weighted by Crippen LogP contribution is 2.38. The molecule has 0 aliphatic carbocycles. The fourth-order valence-electron chi connectivity index (χ4n) is 6.39. The summed E-state index contributed by atoms with van der Waals surface area (Å²) in [6, 6.07) is 49.1. The van der Waals surface area contributed by atoms with Crippen molar-refractivity contribution in [1.29, 1.82) is 0 Å². The van der Waals surface area contributed by atoms with Crippen molar-refractivity contribution in [2.24, 2.45) is 4.99 Å². The zero-order valence-corrected chi connectivity index (χ0v) is 24.5. The van der Waals surface area contributed by atoms with Crippen LogP contribution in [0.25, 0.3) is 53.2 Å². The van der Waals surface area contributed by atoms with E-state index in [2.05, 4.69) is 144 Å². The summed E-state index contributed by atoms with van der Waals surface area (Å²) >= 11 is 1.82. The maximum Gasteiger partial charge on any atom is 0.135 e. The maximum absolute atomic E-state index is 6.40. The molecule has 1 aliphatic heterocycles. The van der Waals surface area contributed by atoms with Gasteiger partial charge in [0.15, 0.2) is 0 Å². The zero-order chi connectivity index (χ0) is 29.0. The molecule has 2 aromatic heterocycles. The first-order valence-electron chi connectivity index (χ1n) is 14.9. The molecular formula is C39H27N3OS. The van der Waals surface area contributed by atoms with Crippen molar-refractivity contribution in [3.63, 3.8) is 0 Å². The fraction of sp³-hybridized carbons (Fsp3) is 0.0513. The van der Waals surface area contributed by atoms with E-state index in [1.807, 2.05) is 17.4 Å². The van der Waals surface area contributed by atoms with Crippen molar-refractivity contribution in [3.8, 4) is 11.1 Å². The van der Waals surface area contributed by atoms with E-state index >= 15 is 0 Å². The predicted molar refractivity (Wildman–Crippen MR) is 183 cm³/mol. The number of nitrogens with one attached hydrogen (secondary N) is 2. The van der Waals surface area contributed by atoms with Gasteiger partial charge < -0.3 is 9.73 Å². The number of furan rings is 1. The molecule has 2 unspecified atom stereocenters. The Morgan fingerprint density at radius 1 is 0.568 bits per heavy atom. The van der Waals surface area contributed by atoms with E-state index in [-0.39, 0.29) is 12.3 Å². The van der Waals surface area contributed by atoms with Gasteiger partial charge in [-0.2, -0.15) is 0 Å². The molecule has 0 radical (unpaired) electrons. The summed E-state index contributed by atoms with van der Waals surface area (Å²) in [5, 5.41) is 12.2. The average molecular weight is 586 g/mol. The molecule has 6 aromatic carbocycles. The van der Waals surface area contributed by atoms with Gasteiger partial charge in [0.05, 0.1) is 0 Å². The second-order valence-corrected chi connectivity index (χ2v) is 12.3. The molecule has 0 amide bonds. The van der Waals surface area contributed by atoms with Gasteiger partial charge in [0.1, 0.15) is 29.3 Å². The van der Waals surface area contributed by atoms with Gasteiger partial charge in [-0.25, -0.2) is 4.99 Å². The van der Waals surface area contributed by atoms with Crippen molar-refractivity contribution in [3.05, 3.63) is 156 Å². The van der Waals surface area contributed by atoms with Gasteiger partial charge in [0.2, 0.25) is 0 Å². The van der Waals surface area contributed by atoms with Gasteiger partial charge in [-0.15, -0.1) is 11.3 Å². The second kappa shape index (κ2) is 10.2. The third-order valence-electron chi connectivity index (χ3n) is 8.57. The highest BCUT2D eigenvalue weighted by Gasteiger charge is 2.27. The molecule has 0 saturated carbocycles. The van der Waals surface area contributed by atoms with E-state index in [0.29, 0.717) is 0 Å². The third-order valence-corrected chi connectivity index (χ3v) is 9.79. The van der Waals surface area contributed by atoms with Crippen LogP contribution in [0.3, 0.4) is 0 Å². The monoisotopic (exact) mass is 585 g/mol. The molecule has 3 heterocycles. The summed E-state index contributed by atoms with van der Waals surface area (Å²) in [6.07, 6.45) is -0.378. The number of benzene rings is 6. The van der Waals surface area contributed by atoms with Crippen LogP contribution in [0.15, 0.2) is 149 Å². The molecule has 8 aromatic rings. The molecule has 210 valence electrons. The van der Waals surface area contributed by atoms with Crippen molar-refractivity contribution in [2.75, 3.05) is 0 Å². The van der Waals surface area contributed by atoms with Gasteiger partial charge in [-0.1, -0.05) is 109 Å². The summed E-state index contributed by atoms with van der Waals surface area (Å²) in [5.74, 6) is 0.886. The van der Waals surface area contributed by atoms with E-state index in [9.17, 15) is 0 Å². The molecule has 2 atom stereocenters. The van der Waals surface area contributed by atoms with Crippen LogP contribution in [0.2, 0.25) is 0 Å².